The van der Waals surface area contributed by atoms with E-state index in [2.05, 4.69) is 20.4 Å². The number of aromatic nitrogens is 3. The van der Waals surface area contributed by atoms with Crippen LogP contribution < -0.4 is 5.32 Å². The smallest absolute Gasteiger partial charge is 0.238 e. The van der Waals surface area contributed by atoms with Gasteiger partial charge in [0.05, 0.1) is 17.1 Å². The van der Waals surface area contributed by atoms with Gasteiger partial charge in [-0.15, -0.1) is 0 Å². The first-order valence-corrected chi connectivity index (χ1v) is 8.11. The number of carbonyl (C=O) groups excluding carboxylic acids is 1. The summed E-state index contributed by atoms with van der Waals surface area (Å²) in [5.74, 6) is 0.520. The summed E-state index contributed by atoms with van der Waals surface area (Å²) in [6, 6.07) is 7.76. The van der Waals surface area contributed by atoms with Crippen LogP contribution in [0.5, 0.6) is 0 Å². The Balaban J connectivity index is 1.63. The number of amides is 1. The Labute approximate surface area is 141 Å². The van der Waals surface area contributed by atoms with E-state index < -0.39 is 0 Å². The van der Waals surface area contributed by atoms with Crippen molar-refractivity contribution >= 4 is 23.5 Å². The maximum Gasteiger partial charge on any atom is 0.238 e. The van der Waals surface area contributed by atoms with E-state index in [0.717, 1.165) is 11.3 Å². The van der Waals surface area contributed by atoms with E-state index in [1.165, 1.54) is 23.9 Å². The molecule has 1 aromatic carbocycles. The molecule has 2 heterocycles. The Morgan fingerprint density at radius 3 is 2.79 bits per heavy atom. The number of aromatic amines is 1. The number of rotatable bonds is 5. The molecule has 0 saturated carbocycles. The number of benzene rings is 1. The van der Waals surface area contributed by atoms with Crippen LogP contribution in [-0.4, -0.2) is 26.3 Å². The number of hydrogen-bond acceptors (Lipinski definition) is 5. The van der Waals surface area contributed by atoms with Crippen LogP contribution in [-0.2, 0) is 4.79 Å². The molecule has 0 saturated heterocycles. The molecule has 124 valence electrons. The molecule has 0 aliphatic carbocycles. The minimum Gasteiger partial charge on any atom is -0.360 e. The average Bonchev–Trinajstić information content (AvgIpc) is 3.17. The van der Waals surface area contributed by atoms with Crippen LogP contribution in [0.1, 0.15) is 12.7 Å². The molecule has 0 radical (unpaired) electrons. The van der Waals surface area contributed by atoms with Gasteiger partial charge in [0.25, 0.3) is 0 Å². The zero-order valence-corrected chi connectivity index (χ0v) is 13.9. The zero-order chi connectivity index (χ0) is 17.1. The van der Waals surface area contributed by atoms with Gasteiger partial charge in [-0.05, 0) is 43.7 Å². The fourth-order valence-corrected chi connectivity index (χ4v) is 2.80. The van der Waals surface area contributed by atoms with E-state index in [1.807, 2.05) is 0 Å². The van der Waals surface area contributed by atoms with Crippen LogP contribution in [0.4, 0.5) is 10.2 Å². The first-order valence-electron chi connectivity index (χ1n) is 7.23. The van der Waals surface area contributed by atoms with Crippen molar-refractivity contribution in [1.29, 1.82) is 0 Å². The molecule has 0 spiro atoms. The molecule has 2 aromatic heterocycles. The fraction of sp³-hybridized carbons (Fsp3) is 0.188. The molecule has 1 unspecified atom stereocenters. The van der Waals surface area contributed by atoms with E-state index in [4.69, 9.17) is 4.52 Å². The van der Waals surface area contributed by atoms with Crippen LogP contribution in [0.2, 0.25) is 0 Å². The number of nitrogens with one attached hydrogen (secondary N) is 2. The van der Waals surface area contributed by atoms with E-state index in [0.29, 0.717) is 16.7 Å². The minimum absolute atomic E-state index is 0.201. The van der Waals surface area contributed by atoms with Gasteiger partial charge in [0.15, 0.2) is 11.0 Å². The first-order chi connectivity index (χ1) is 11.5. The van der Waals surface area contributed by atoms with Crippen molar-refractivity contribution in [2.45, 2.75) is 24.3 Å². The minimum atomic E-state index is -0.380. The molecule has 1 atom stereocenters. The molecular formula is C16H15FN4O2S. The summed E-state index contributed by atoms with van der Waals surface area (Å²) < 4.78 is 17.9. The SMILES string of the molecule is Cc1cc(NC(=O)C(C)Sc2ncc(-c3ccc(F)cc3)[nH]2)no1. The molecule has 3 rings (SSSR count). The maximum atomic E-state index is 13.0. The van der Waals surface area contributed by atoms with Crippen LogP contribution >= 0.6 is 11.8 Å². The number of halogens is 1. The van der Waals surface area contributed by atoms with Gasteiger partial charge in [-0.2, -0.15) is 0 Å². The number of H-pyrrole nitrogens is 1. The maximum absolute atomic E-state index is 13.0. The Kier molecular flexibility index (Phi) is 4.66. The predicted molar refractivity (Wildman–Crippen MR) is 89.2 cm³/mol. The van der Waals surface area contributed by atoms with Crippen LogP contribution in [0.25, 0.3) is 11.3 Å². The molecule has 6 nitrogen and oxygen atoms in total. The molecule has 0 aliphatic heterocycles. The van der Waals surface area contributed by atoms with Crippen molar-refractivity contribution in [3.63, 3.8) is 0 Å². The van der Waals surface area contributed by atoms with Gasteiger partial charge in [0.1, 0.15) is 11.6 Å². The quantitative estimate of drug-likeness (QED) is 0.689. The van der Waals surface area contributed by atoms with Crippen LogP contribution in [0.3, 0.4) is 0 Å². The lowest BCUT2D eigenvalue weighted by molar-refractivity contribution is -0.115. The van der Waals surface area contributed by atoms with E-state index in [9.17, 15) is 9.18 Å². The van der Waals surface area contributed by atoms with Gasteiger partial charge < -0.3 is 14.8 Å². The lowest BCUT2D eigenvalue weighted by Gasteiger charge is -2.08. The fourth-order valence-electron chi connectivity index (χ4n) is 2.01. The average molecular weight is 346 g/mol. The first kappa shape index (κ1) is 16.3. The molecule has 0 aliphatic rings. The monoisotopic (exact) mass is 346 g/mol. The molecule has 8 heteroatoms. The highest BCUT2D eigenvalue weighted by molar-refractivity contribution is 8.00. The molecule has 0 bridgehead atoms. The number of aryl methyl sites for hydroxylation is 1. The Hall–Kier alpha value is -2.61. The standard InChI is InChI=1S/C16H15FN4O2S/c1-9-7-14(21-23-9)20-15(22)10(2)24-16-18-8-13(19-16)11-3-5-12(17)6-4-11/h3-8,10H,1-2H3,(H,18,19)(H,20,21,22). The lowest BCUT2D eigenvalue weighted by Crippen LogP contribution is -2.22. The number of anilines is 1. The van der Waals surface area contributed by atoms with E-state index >= 15 is 0 Å². The summed E-state index contributed by atoms with van der Waals surface area (Å²) >= 11 is 1.29. The van der Waals surface area contributed by atoms with Crippen molar-refractivity contribution in [3.05, 3.63) is 48.1 Å². The van der Waals surface area contributed by atoms with Gasteiger partial charge in [-0.25, -0.2) is 9.37 Å². The molecule has 1 amide bonds. The van der Waals surface area contributed by atoms with Gasteiger partial charge in [0, 0.05) is 6.07 Å². The summed E-state index contributed by atoms with van der Waals surface area (Å²) in [7, 11) is 0. The van der Waals surface area contributed by atoms with Crippen LogP contribution in [0.15, 0.2) is 46.2 Å². The van der Waals surface area contributed by atoms with Crippen molar-refractivity contribution in [2.75, 3.05) is 5.32 Å². The largest absolute Gasteiger partial charge is 0.360 e. The molecule has 3 aromatic rings. The van der Waals surface area contributed by atoms with Gasteiger partial charge in [-0.1, -0.05) is 16.9 Å². The zero-order valence-electron chi connectivity index (χ0n) is 13.0. The topological polar surface area (TPSA) is 83.8 Å². The summed E-state index contributed by atoms with van der Waals surface area (Å²) in [6.07, 6.45) is 1.65. The van der Waals surface area contributed by atoms with E-state index in [1.54, 1.807) is 38.2 Å². The molecule has 24 heavy (non-hydrogen) atoms. The Morgan fingerprint density at radius 2 is 2.12 bits per heavy atom. The predicted octanol–water partition coefficient (Wildman–Crippen LogP) is 3.63. The second-order valence-electron chi connectivity index (χ2n) is 5.18. The van der Waals surface area contributed by atoms with Gasteiger partial charge >= 0.3 is 0 Å². The van der Waals surface area contributed by atoms with Crippen molar-refractivity contribution in [1.82, 2.24) is 15.1 Å². The summed E-state index contributed by atoms with van der Waals surface area (Å²) in [4.78, 5) is 19.5. The highest BCUT2D eigenvalue weighted by Gasteiger charge is 2.18. The molecule has 2 N–H and O–H groups in total. The Morgan fingerprint density at radius 1 is 1.38 bits per heavy atom. The van der Waals surface area contributed by atoms with Gasteiger partial charge in [0.2, 0.25) is 5.91 Å². The van der Waals surface area contributed by atoms with E-state index in [-0.39, 0.29) is 17.0 Å². The third-order valence-corrected chi connectivity index (χ3v) is 4.24. The lowest BCUT2D eigenvalue weighted by atomic mass is 10.2. The number of carbonyl (C=O) groups is 1. The second kappa shape index (κ2) is 6.88. The molecular weight excluding hydrogens is 331 g/mol. The third-order valence-electron chi connectivity index (χ3n) is 3.24. The van der Waals surface area contributed by atoms with Crippen LogP contribution in [0, 0.1) is 12.7 Å². The van der Waals surface area contributed by atoms with Crippen molar-refractivity contribution < 1.29 is 13.7 Å². The number of hydrogen-bond donors (Lipinski definition) is 2. The molecule has 0 fully saturated rings. The second-order valence-corrected chi connectivity index (χ2v) is 6.51. The summed E-state index contributed by atoms with van der Waals surface area (Å²) in [5, 5.41) is 6.63. The number of imidazole rings is 1. The van der Waals surface area contributed by atoms with Gasteiger partial charge in [-0.3, -0.25) is 4.79 Å². The normalized spacial score (nSPS) is 12.1. The summed E-state index contributed by atoms with van der Waals surface area (Å²) in [5.41, 5.74) is 1.59. The number of nitrogens with zero attached hydrogens (tertiary/aromatic N) is 2. The highest BCUT2D eigenvalue weighted by atomic mass is 32.2. The van der Waals surface area contributed by atoms with Crippen molar-refractivity contribution in [3.8, 4) is 11.3 Å². The highest BCUT2D eigenvalue weighted by Crippen LogP contribution is 2.25. The summed E-state index contributed by atoms with van der Waals surface area (Å²) in [6.45, 7) is 3.52. The number of thioether (sulfide) groups is 1. The van der Waals surface area contributed by atoms with Crippen molar-refractivity contribution in [2.24, 2.45) is 0 Å². The Bertz CT molecular complexity index is 844. The third kappa shape index (κ3) is 3.83.